The van der Waals surface area contributed by atoms with Gasteiger partial charge in [-0.3, -0.25) is 4.79 Å². The SMILES string of the molecule is CC(N)C(=O)NCCCO.O=C(O)C(=O)O. The molecule has 0 aromatic rings. The predicted octanol–water partition coefficient (Wildman–Crippen LogP) is -2.01. The molecule has 0 aromatic heterocycles. The zero-order chi connectivity index (χ0) is 13.1. The van der Waals surface area contributed by atoms with Gasteiger partial charge < -0.3 is 26.4 Å². The van der Waals surface area contributed by atoms with Crippen LogP contribution < -0.4 is 11.1 Å². The molecular weight excluding hydrogens is 220 g/mol. The Bertz CT molecular complexity index is 229. The number of carboxylic acid groups (broad SMARTS) is 2. The molecule has 94 valence electrons. The van der Waals surface area contributed by atoms with Crippen LogP contribution in [0, 0.1) is 0 Å². The molecule has 8 heteroatoms. The molecule has 0 saturated heterocycles. The van der Waals surface area contributed by atoms with E-state index in [2.05, 4.69) is 5.32 Å². The van der Waals surface area contributed by atoms with Crippen molar-refractivity contribution in [3.8, 4) is 0 Å². The molecule has 8 nitrogen and oxygen atoms in total. The molecule has 0 aromatic carbocycles. The van der Waals surface area contributed by atoms with Crippen molar-refractivity contribution in [2.45, 2.75) is 19.4 Å². The van der Waals surface area contributed by atoms with Crippen molar-refractivity contribution in [1.29, 1.82) is 0 Å². The summed E-state index contributed by atoms with van der Waals surface area (Å²) in [5, 5.41) is 25.7. The third-order valence-electron chi connectivity index (χ3n) is 1.23. The van der Waals surface area contributed by atoms with E-state index in [4.69, 9.17) is 30.6 Å². The zero-order valence-electron chi connectivity index (χ0n) is 8.84. The molecule has 16 heavy (non-hydrogen) atoms. The Morgan fingerprint density at radius 2 is 1.69 bits per heavy atom. The Morgan fingerprint density at radius 1 is 1.25 bits per heavy atom. The predicted molar refractivity (Wildman–Crippen MR) is 53.6 cm³/mol. The number of hydrogen-bond donors (Lipinski definition) is 5. The second-order valence-corrected chi connectivity index (χ2v) is 2.77. The van der Waals surface area contributed by atoms with Gasteiger partial charge in [-0.2, -0.15) is 0 Å². The number of aliphatic hydroxyl groups is 1. The lowest BCUT2D eigenvalue weighted by Gasteiger charge is -2.05. The van der Waals surface area contributed by atoms with Crippen LogP contribution in [0.2, 0.25) is 0 Å². The Labute approximate surface area is 92.1 Å². The van der Waals surface area contributed by atoms with Crippen molar-refractivity contribution in [3.05, 3.63) is 0 Å². The van der Waals surface area contributed by atoms with Gasteiger partial charge in [-0.15, -0.1) is 0 Å². The van der Waals surface area contributed by atoms with Crippen LogP contribution in [0.4, 0.5) is 0 Å². The molecule has 0 heterocycles. The minimum absolute atomic E-state index is 0.0965. The molecule has 0 fully saturated rings. The molecule has 6 N–H and O–H groups in total. The second-order valence-electron chi connectivity index (χ2n) is 2.77. The van der Waals surface area contributed by atoms with Crippen LogP contribution >= 0.6 is 0 Å². The summed E-state index contributed by atoms with van der Waals surface area (Å²) in [5.74, 6) is -3.82. The van der Waals surface area contributed by atoms with Gasteiger partial charge >= 0.3 is 11.9 Å². The number of carbonyl (C=O) groups excluding carboxylic acids is 1. The van der Waals surface area contributed by atoms with Gasteiger partial charge in [-0.05, 0) is 13.3 Å². The van der Waals surface area contributed by atoms with E-state index in [-0.39, 0.29) is 12.5 Å². The molecule has 0 radical (unpaired) electrons. The summed E-state index contributed by atoms with van der Waals surface area (Å²) in [6.45, 7) is 2.21. The summed E-state index contributed by atoms with van der Waals surface area (Å²) in [4.78, 5) is 28.9. The topological polar surface area (TPSA) is 150 Å². The number of aliphatic carboxylic acids is 2. The van der Waals surface area contributed by atoms with E-state index >= 15 is 0 Å². The van der Waals surface area contributed by atoms with E-state index in [1.807, 2.05) is 0 Å². The van der Waals surface area contributed by atoms with E-state index in [1.54, 1.807) is 6.92 Å². The third-order valence-corrected chi connectivity index (χ3v) is 1.23. The Kier molecular flexibility index (Phi) is 10.3. The van der Waals surface area contributed by atoms with Gasteiger partial charge in [-0.25, -0.2) is 9.59 Å². The highest BCUT2D eigenvalue weighted by molar-refractivity contribution is 6.27. The fourth-order valence-electron chi connectivity index (χ4n) is 0.452. The number of hydrogen-bond acceptors (Lipinski definition) is 5. The number of nitrogens with one attached hydrogen (secondary N) is 1. The highest BCUT2D eigenvalue weighted by Crippen LogP contribution is 1.76. The molecule has 1 atom stereocenters. The van der Waals surface area contributed by atoms with Gasteiger partial charge in [0.2, 0.25) is 5.91 Å². The number of amides is 1. The summed E-state index contributed by atoms with van der Waals surface area (Å²) in [5.41, 5.74) is 5.24. The van der Waals surface area contributed by atoms with Crippen LogP contribution in [-0.2, 0) is 14.4 Å². The first kappa shape index (κ1) is 16.7. The van der Waals surface area contributed by atoms with E-state index in [9.17, 15) is 4.79 Å². The van der Waals surface area contributed by atoms with Crippen LogP contribution in [0.5, 0.6) is 0 Å². The lowest BCUT2D eigenvalue weighted by Crippen LogP contribution is -2.38. The molecule has 0 aliphatic rings. The van der Waals surface area contributed by atoms with E-state index in [0.717, 1.165) is 0 Å². The maximum absolute atomic E-state index is 10.7. The molecule has 0 spiro atoms. The van der Waals surface area contributed by atoms with Crippen LogP contribution in [-0.4, -0.2) is 52.4 Å². The van der Waals surface area contributed by atoms with Gasteiger partial charge in [-0.1, -0.05) is 0 Å². The fraction of sp³-hybridized carbons (Fsp3) is 0.625. The summed E-state index contributed by atoms with van der Waals surface area (Å²) < 4.78 is 0. The second kappa shape index (κ2) is 9.87. The number of aliphatic hydroxyl groups excluding tert-OH is 1. The maximum atomic E-state index is 10.7. The monoisotopic (exact) mass is 236 g/mol. The van der Waals surface area contributed by atoms with Crippen molar-refractivity contribution < 1.29 is 29.7 Å². The summed E-state index contributed by atoms with van der Waals surface area (Å²) in [6, 6.07) is -0.460. The standard InChI is InChI=1S/C6H14N2O2.C2H2O4/c1-5(7)6(10)8-3-2-4-9;3-1(4)2(5)6/h5,9H,2-4,7H2,1H3,(H,8,10);(H,3,4)(H,5,6). The highest BCUT2D eigenvalue weighted by atomic mass is 16.4. The summed E-state index contributed by atoms with van der Waals surface area (Å²) in [6.07, 6.45) is 0.582. The van der Waals surface area contributed by atoms with Crippen molar-refractivity contribution in [2.75, 3.05) is 13.2 Å². The minimum Gasteiger partial charge on any atom is -0.473 e. The summed E-state index contributed by atoms with van der Waals surface area (Å²) >= 11 is 0. The Hall–Kier alpha value is -1.67. The average molecular weight is 236 g/mol. The summed E-state index contributed by atoms with van der Waals surface area (Å²) in [7, 11) is 0. The average Bonchev–Trinajstić information content (AvgIpc) is 2.18. The molecule has 0 rings (SSSR count). The zero-order valence-corrected chi connectivity index (χ0v) is 8.84. The van der Waals surface area contributed by atoms with E-state index < -0.39 is 18.0 Å². The van der Waals surface area contributed by atoms with E-state index in [1.165, 1.54) is 0 Å². The Balaban J connectivity index is 0. The first-order chi connectivity index (χ1) is 7.32. The van der Waals surface area contributed by atoms with Crippen molar-refractivity contribution in [3.63, 3.8) is 0 Å². The van der Waals surface area contributed by atoms with Gasteiger partial charge in [0.05, 0.1) is 6.04 Å². The molecule has 1 unspecified atom stereocenters. The van der Waals surface area contributed by atoms with E-state index in [0.29, 0.717) is 13.0 Å². The van der Waals surface area contributed by atoms with Crippen LogP contribution in [0.3, 0.4) is 0 Å². The van der Waals surface area contributed by atoms with Crippen LogP contribution in [0.25, 0.3) is 0 Å². The largest absolute Gasteiger partial charge is 0.473 e. The lowest BCUT2D eigenvalue weighted by molar-refractivity contribution is -0.159. The van der Waals surface area contributed by atoms with Gasteiger partial charge in [0.25, 0.3) is 0 Å². The van der Waals surface area contributed by atoms with Gasteiger partial charge in [0, 0.05) is 13.2 Å². The van der Waals surface area contributed by atoms with Crippen LogP contribution in [0.1, 0.15) is 13.3 Å². The van der Waals surface area contributed by atoms with Gasteiger partial charge in [0.1, 0.15) is 0 Å². The normalized spacial score (nSPS) is 10.7. The van der Waals surface area contributed by atoms with Gasteiger partial charge in [0.15, 0.2) is 0 Å². The lowest BCUT2D eigenvalue weighted by atomic mass is 10.3. The number of nitrogens with two attached hydrogens (primary N) is 1. The smallest absolute Gasteiger partial charge is 0.414 e. The number of rotatable bonds is 4. The first-order valence-corrected chi connectivity index (χ1v) is 4.43. The first-order valence-electron chi connectivity index (χ1n) is 4.43. The minimum atomic E-state index is -1.82. The number of carboxylic acids is 2. The molecule has 0 aliphatic carbocycles. The molecule has 0 saturated carbocycles. The fourth-order valence-corrected chi connectivity index (χ4v) is 0.452. The molecule has 0 bridgehead atoms. The Morgan fingerprint density at radius 3 is 1.94 bits per heavy atom. The quantitative estimate of drug-likeness (QED) is 0.279. The van der Waals surface area contributed by atoms with Crippen molar-refractivity contribution >= 4 is 17.8 Å². The third kappa shape index (κ3) is 12.3. The van der Waals surface area contributed by atoms with Crippen molar-refractivity contribution in [1.82, 2.24) is 5.32 Å². The molecular formula is C8H16N2O6. The van der Waals surface area contributed by atoms with Crippen LogP contribution in [0.15, 0.2) is 0 Å². The molecule has 0 aliphatic heterocycles. The number of carbonyl (C=O) groups is 3. The van der Waals surface area contributed by atoms with Crippen molar-refractivity contribution in [2.24, 2.45) is 5.73 Å². The maximum Gasteiger partial charge on any atom is 0.414 e. The molecule has 1 amide bonds. The highest BCUT2D eigenvalue weighted by Gasteiger charge is 2.04.